The van der Waals surface area contributed by atoms with Crippen LogP contribution in [0.4, 0.5) is 0 Å². The Kier molecular flexibility index (Phi) is 3.32. The van der Waals surface area contributed by atoms with E-state index in [1.807, 2.05) is 10.9 Å². The predicted octanol–water partition coefficient (Wildman–Crippen LogP) is 2.78. The molecule has 0 unspecified atom stereocenters. The lowest BCUT2D eigenvalue weighted by Crippen LogP contribution is -2.19. The van der Waals surface area contributed by atoms with Crippen LogP contribution in [-0.4, -0.2) is 16.6 Å². The van der Waals surface area contributed by atoms with Crippen LogP contribution in [0.25, 0.3) is 0 Å². The highest BCUT2D eigenvalue weighted by Gasteiger charge is 2.29. The van der Waals surface area contributed by atoms with Gasteiger partial charge in [-0.1, -0.05) is 17.5 Å². The molecule has 0 aromatic carbocycles. The van der Waals surface area contributed by atoms with Gasteiger partial charge in [-0.2, -0.15) is 5.26 Å². The number of rotatable bonds is 2. The first-order valence-corrected chi connectivity index (χ1v) is 6.04. The average molecular weight is 267 g/mol. The van der Waals surface area contributed by atoms with Crippen LogP contribution in [0.3, 0.4) is 0 Å². The molecule has 0 aromatic heterocycles. The third-order valence-corrected chi connectivity index (χ3v) is 3.34. The highest BCUT2D eigenvalue weighted by Crippen LogP contribution is 2.27. The molecule has 0 radical (unpaired) electrons. The van der Waals surface area contributed by atoms with Gasteiger partial charge >= 0.3 is 0 Å². The smallest absolute Gasteiger partial charge is 0.198 e. The van der Waals surface area contributed by atoms with Gasteiger partial charge in [0.1, 0.15) is 17.1 Å². The molecule has 1 aliphatic heterocycles. The first-order chi connectivity index (χ1) is 7.31. The molecule has 2 aliphatic rings. The van der Waals surface area contributed by atoms with Crippen molar-refractivity contribution in [3.05, 3.63) is 10.7 Å². The monoisotopic (exact) mass is 266 g/mol. The Morgan fingerprint density at radius 3 is 2.87 bits per heavy atom. The fraction of sp³-hybridized carbons (Fsp3) is 0.545. The van der Waals surface area contributed by atoms with Crippen molar-refractivity contribution in [1.29, 1.82) is 5.26 Å². The van der Waals surface area contributed by atoms with Crippen molar-refractivity contribution in [3.8, 4) is 6.07 Å². The van der Waals surface area contributed by atoms with E-state index in [0.29, 0.717) is 12.3 Å². The van der Waals surface area contributed by atoms with E-state index in [0.717, 1.165) is 10.2 Å². The summed E-state index contributed by atoms with van der Waals surface area (Å²) in [7, 11) is 0. The molecule has 0 saturated heterocycles. The summed E-state index contributed by atoms with van der Waals surface area (Å²) in [5.74, 6) is 0.552. The molecule has 1 aliphatic carbocycles. The summed E-state index contributed by atoms with van der Waals surface area (Å²) in [4.78, 5) is 0. The van der Waals surface area contributed by atoms with E-state index in [2.05, 4.69) is 27.1 Å². The maximum absolute atomic E-state index is 8.84. The molecule has 0 amide bonds. The second-order valence-corrected chi connectivity index (χ2v) is 4.83. The highest BCUT2D eigenvalue weighted by molar-refractivity contribution is 9.12. The molecule has 15 heavy (non-hydrogen) atoms. The van der Waals surface area contributed by atoms with E-state index in [1.165, 1.54) is 25.7 Å². The third-order valence-electron chi connectivity index (χ3n) is 2.93. The van der Waals surface area contributed by atoms with Crippen LogP contribution in [0.15, 0.2) is 15.8 Å². The molecule has 0 atom stereocenters. The molecule has 0 aromatic rings. The Hall–Kier alpha value is -0.950. The van der Waals surface area contributed by atoms with Gasteiger partial charge in [0.2, 0.25) is 11.9 Å². The molecule has 4 heteroatoms. The van der Waals surface area contributed by atoms with Crippen LogP contribution in [0.2, 0.25) is 0 Å². The normalized spacial score (nSPS) is 24.1. The van der Waals surface area contributed by atoms with Gasteiger partial charge in [0, 0.05) is 5.92 Å². The molecular weight excluding hydrogens is 254 g/mol. The van der Waals surface area contributed by atoms with Gasteiger partial charge < -0.3 is 0 Å². The van der Waals surface area contributed by atoms with Gasteiger partial charge in [-0.15, -0.1) is 0 Å². The standard InChI is InChI=1S/C11H13BrN3/c12-10-7-14-15(8-10)11(5-6-13)9-3-1-2-4-9/h7-9H,1-5H2/q+1/b15-11-. The summed E-state index contributed by atoms with van der Waals surface area (Å²) in [5, 5.41) is 13.1. The lowest BCUT2D eigenvalue weighted by atomic mass is 9.99. The van der Waals surface area contributed by atoms with Gasteiger partial charge in [-0.3, -0.25) is 0 Å². The van der Waals surface area contributed by atoms with Crippen molar-refractivity contribution < 1.29 is 4.68 Å². The molecule has 1 saturated carbocycles. The Morgan fingerprint density at radius 2 is 2.33 bits per heavy atom. The largest absolute Gasteiger partial charge is 0.218 e. The maximum atomic E-state index is 8.84. The minimum absolute atomic E-state index is 0.485. The molecule has 1 fully saturated rings. The van der Waals surface area contributed by atoms with Crippen LogP contribution in [0.5, 0.6) is 0 Å². The van der Waals surface area contributed by atoms with Crippen LogP contribution >= 0.6 is 15.9 Å². The average Bonchev–Trinajstić information content (AvgIpc) is 2.85. The van der Waals surface area contributed by atoms with Gasteiger partial charge in [-0.05, 0) is 33.9 Å². The molecule has 0 N–H and O–H groups in total. The summed E-state index contributed by atoms with van der Waals surface area (Å²) >= 11 is 3.38. The van der Waals surface area contributed by atoms with Gasteiger partial charge in [0.15, 0.2) is 0 Å². The van der Waals surface area contributed by atoms with E-state index in [1.54, 1.807) is 6.21 Å². The van der Waals surface area contributed by atoms with Gasteiger partial charge in [0.25, 0.3) is 0 Å². The first-order valence-electron chi connectivity index (χ1n) is 5.24. The highest BCUT2D eigenvalue weighted by atomic mass is 79.9. The number of hydrazone groups is 1. The number of nitriles is 1. The SMILES string of the molecule is N#CC/C(C1CCCC1)=[N+]1\C=C(Br)C=N1. The topological polar surface area (TPSA) is 39.2 Å². The zero-order valence-corrected chi connectivity index (χ0v) is 10.1. The quantitative estimate of drug-likeness (QED) is 0.709. The molecule has 0 spiro atoms. The lowest BCUT2D eigenvalue weighted by Gasteiger charge is -2.04. The summed E-state index contributed by atoms with van der Waals surface area (Å²) in [6.45, 7) is 0. The van der Waals surface area contributed by atoms with Crippen molar-refractivity contribution in [3.63, 3.8) is 0 Å². The Morgan fingerprint density at radius 1 is 1.60 bits per heavy atom. The molecule has 2 rings (SSSR count). The summed E-state index contributed by atoms with van der Waals surface area (Å²) in [6, 6.07) is 2.24. The van der Waals surface area contributed by atoms with Crippen molar-refractivity contribution in [1.82, 2.24) is 0 Å². The van der Waals surface area contributed by atoms with Crippen molar-refractivity contribution in [2.24, 2.45) is 11.0 Å². The van der Waals surface area contributed by atoms with Crippen LogP contribution in [-0.2, 0) is 0 Å². The second-order valence-electron chi connectivity index (χ2n) is 3.91. The predicted molar refractivity (Wildman–Crippen MR) is 63.0 cm³/mol. The van der Waals surface area contributed by atoms with Gasteiger partial charge in [-0.25, -0.2) is 0 Å². The number of hydrogen-bond donors (Lipinski definition) is 0. The summed E-state index contributed by atoms with van der Waals surface area (Å²) in [6.07, 6.45) is 9.16. The van der Waals surface area contributed by atoms with Crippen molar-refractivity contribution in [2.75, 3.05) is 0 Å². The number of halogens is 1. The van der Waals surface area contributed by atoms with E-state index >= 15 is 0 Å². The van der Waals surface area contributed by atoms with Crippen LogP contribution in [0.1, 0.15) is 32.1 Å². The number of hydrogen-bond acceptors (Lipinski definition) is 2. The fourth-order valence-corrected chi connectivity index (χ4v) is 2.50. The fourth-order valence-electron chi connectivity index (χ4n) is 2.21. The summed E-state index contributed by atoms with van der Waals surface area (Å²) < 4.78 is 2.83. The van der Waals surface area contributed by atoms with E-state index in [9.17, 15) is 0 Å². The Labute approximate surface area is 97.9 Å². The van der Waals surface area contributed by atoms with Gasteiger partial charge in [0.05, 0.1) is 6.07 Å². The molecule has 1 heterocycles. The Balaban J connectivity index is 2.27. The lowest BCUT2D eigenvalue weighted by molar-refractivity contribution is -0.461. The van der Waals surface area contributed by atoms with Crippen LogP contribution < -0.4 is 0 Å². The first kappa shape index (κ1) is 10.6. The molecule has 0 bridgehead atoms. The number of allylic oxidation sites excluding steroid dienone is 1. The third kappa shape index (κ3) is 2.35. The summed E-state index contributed by atoms with van der Waals surface area (Å²) in [5.41, 5.74) is 1.15. The zero-order valence-electron chi connectivity index (χ0n) is 8.49. The minimum atomic E-state index is 0.485. The van der Waals surface area contributed by atoms with E-state index in [4.69, 9.17) is 5.26 Å². The zero-order chi connectivity index (χ0) is 10.7. The molecular formula is C11H13BrN3+. The van der Waals surface area contributed by atoms with E-state index in [-0.39, 0.29) is 0 Å². The minimum Gasteiger partial charge on any atom is -0.198 e. The second kappa shape index (κ2) is 4.71. The van der Waals surface area contributed by atoms with E-state index < -0.39 is 0 Å². The van der Waals surface area contributed by atoms with Crippen molar-refractivity contribution >= 4 is 27.9 Å². The molecule has 78 valence electrons. The maximum Gasteiger partial charge on any atom is 0.218 e. The molecule has 3 nitrogen and oxygen atoms in total. The van der Waals surface area contributed by atoms with Crippen molar-refractivity contribution in [2.45, 2.75) is 32.1 Å². The van der Waals surface area contributed by atoms with Crippen LogP contribution in [0, 0.1) is 17.2 Å². The Bertz CT molecular complexity index is 381. The number of nitrogens with zero attached hydrogens (tertiary/aromatic N) is 3.